The molecule has 3 nitrogen and oxygen atoms in total. The Morgan fingerprint density at radius 1 is 1.06 bits per heavy atom. The van der Waals surface area contributed by atoms with Crippen molar-refractivity contribution in [1.29, 1.82) is 0 Å². The molecule has 18 heavy (non-hydrogen) atoms. The van der Waals surface area contributed by atoms with Gasteiger partial charge in [-0.2, -0.15) is 0 Å². The highest BCUT2D eigenvalue weighted by molar-refractivity contribution is 5.79. The van der Waals surface area contributed by atoms with Crippen molar-refractivity contribution in [2.75, 3.05) is 13.1 Å². The third kappa shape index (κ3) is 6.39. The fraction of sp³-hybridized carbons (Fsp3) is 0.933. The van der Waals surface area contributed by atoms with Crippen molar-refractivity contribution in [3.05, 3.63) is 0 Å². The van der Waals surface area contributed by atoms with E-state index < -0.39 is 6.10 Å². The Labute approximate surface area is 113 Å². The van der Waals surface area contributed by atoms with Crippen LogP contribution in [-0.2, 0) is 4.79 Å². The molecule has 0 aromatic rings. The number of carbonyl (C=O) groups excluding carboxylic acids is 1. The summed E-state index contributed by atoms with van der Waals surface area (Å²) in [5, 5.41) is 10.0. The van der Waals surface area contributed by atoms with Gasteiger partial charge in [-0.25, -0.2) is 0 Å². The Balaban J connectivity index is 3.94. The molecule has 0 saturated carbocycles. The Kier molecular flexibility index (Phi) is 10.0. The highest BCUT2D eigenvalue weighted by Gasteiger charge is 2.24. The predicted molar refractivity (Wildman–Crippen MR) is 76.5 cm³/mol. The first kappa shape index (κ1) is 17.4. The Hall–Kier alpha value is -0.570. The molecule has 0 saturated heterocycles. The van der Waals surface area contributed by atoms with Crippen LogP contribution in [0.3, 0.4) is 0 Å². The lowest BCUT2D eigenvalue weighted by atomic mass is 9.97. The van der Waals surface area contributed by atoms with E-state index in [-0.39, 0.29) is 11.8 Å². The largest absolute Gasteiger partial charge is 0.392 e. The molecule has 0 spiro atoms. The van der Waals surface area contributed by atoms with E-state index in [1.807, 2.05) is 20.8 Å². The molecule has 2 unspecified atom stereocenters. The van der Waals surface area contributed by atoms with Gasteiger partial charge >= 0.3 is 0 Å². The van der Waals surface area contributed by atoms with Crippen molar-refractivity contribution in [2.24, 2.45) is 5.92 Å². The molecule has 0 aliphatic rings. The average molecular weight is 257 g/mol. The maximum atomic E-state index is 12.0. The highest BCUT2D eigenvalue weighted by Crippen LogP contribution is 2.15. The average Bonchev–Trinajstić information content (AvgIpc) is 2.38. The van der Waals surface area contributed by atoms with E-state index in [2.05, 4.69) is 6.92 Å². The van der Waals surface area contributed by atoms with Crippen LogP contribution in [0.5, 0.6) is 0 Å². The SMILES string of the molecule is CCCCCCCC(O)C(C)C(=O)N(CC)CC. The second kappa shape index (κ2) is 10.4. The van der Waals surface area contributed by atoms with Crippen molar-refractivity contribution >= 4 is 5.91 Å². The Bertz CT molecular complexity index is 215. The van der Waals surface area contributed by atoms with Crippen molar-refractivity contribution in [3.8, 4) is 0 Å². The van der Waals surface area contributed by atoms with Crippen LogP contribution in [0.4, 0.5) is 0 Å². The molecule has 0 heterocycles. The smallest absolute Gasteiger partial charge is 0.227 e. The van der Waals surface area contributed by atoms with E-state index in [9.17, 15) is 9.90 Å². The number of aliphatic hydroxyl groups excluding tert-OH is 1. The minimum Gasteiger partial charge on any atom is -0.392 e. The van der Waals surface area contributed by atoms with Crippen LogP contribution in [-0.4, -0.2) is 35.1 Å². The van der Waals surface area contributed by atoms with Gasteiger partial charge in [-0.1, -0.05) is 46.0 Å². The Morgan fingerprint density at radius 2 is 1.61 bits per heavy atom. The van der Waals surface area contributed by atoms with Gasteiger partial charge in [-0.05, 0) is 20.3 Å². The molecular formula is C15H31NO2. The van der Waals surface area contributed by atoms with Crippen molar-refractivity contribution in [1.82, 2.24) is 4.90 Å². The van der Waals surface area contributed by atoms with Crippen LogP contribution < -0.4 is 0 Å². The summed E-state index contributed by atoms with van der Waals surface area (Å²) >= 11 is 0. The minimum absolute atomic E-state index is 0.0843. The number of amides is 1. The number of unbranched alkanes of at least 4 members (excludes halogenated alkanes) is 4. The summed E-state index contributed by atoms with van der Waals surface area (Å²) in [7, 11) is 0. The quantitative estimate of drug-likeness (QED) is 0.610. The number of aliphatic hydroxyl groups is 1. The predicted octanol–water partition coefficient (Wildman–Crippen LogP) is 3.21. The van der Waals surface area contributed by atoms with Gasteiger partial charge in [-0.3, -0.25) is 4.79 Å². The van der Waals surface area contributed by atoms with Crippen LogP contribution in [0.2, 0.25) is 0 Å². The normalized spacial score (nSPS) is 14.3. The molecule has 3 heteroatoms. The van der Waals surface area contributed by atoms with E-state index >= 15 is 0 Å². The fourth-order valence-electron chi connectivity index (χ4n) is 2.19. The third-order valence-corrected chi connectivity index (χ3v) is 3.65. The topological polar surface area (TPSA) is 40.5 Å². The highest BCUT2D eigenvalue weighted by atomic mass is 16.3. The number of hydrogen-bond donors (Lipinski definition) is 1. The number of rotatable bonds is 10. The molecule has 1 amide bonds. The van der Waals surface area contributed by atoms with E-state index in [0.29, 0.717) is 0 Å². The summed E-state index contributed by atoms with van der Waals surface area (Å²) in [4.78, 5) is 13.8. The van der Waals surface area contributed by atoms with E-state index in [4.69, 9.17) is 0 Å². The first-order valence-electron chi connectivity index (χ1n) is 7.55. The van der Waals surface area contributed by atoms with Gasteiger partial charge < -0.3 is 10.0 Å². The number of carbonyl (C=O) groups is 1. The lowest BCUT2D eigenvalue weighted by Gasteiger charge is -2.25. The molecule has 0 fully saturated rings. The summed E-state index contributed by atoms with van der Waals surface area (Å²) < 4.78 is 0. The van der Waals surface area contributed by atoms with Gasteiger partial charge in [0.25, 0.3) is 0 Å². The van der Waals surface area contributed by atoms with Gasteiger partial charge in [-0.15, -0.1) is 0 Å². The minimum atomic E-state index is -0.486. The van der Waals surface area contributed by atoms with Gasteiger partial charge in [0, 0.05) is 13.1 Å². The Morgan fingerprint density at radius 3 is 2.11 bits per heavy atom. The fourth-order valence-corrected chi connectivity index (χ4v) is 2.19. The van der Waals surface area contributed by atoms with Crippen molar-refractivity contribution < 1.29 is 9.90 Å². The molecule has 108 valence electrons. The third-order valence-electron chi connectivity index (χ3n) is 3.65. The van der Waals surface area contributed by atoms with E-state index in [1.165, 1.54) is 19.3 Å². The molecule has 1 N–H and O–H groups in total. The van der Waals surface area contributed by atoms with Gasteiger partial charge in [0.1, 0.15) is 0 Å². The lowest BCUT2D eigenvalue weighted by Crippen LogP contribution is -2.39. The van der Waals surface area contributed by atoms with E-state index in [1.54, 1.807) is 4.90 Å². The number of hydrogen-bond acceptors (Lipinski definition) is 2. The summed E-state index contributed by atoms with van der Waals surface area (Å²) in [5.74, 6) is -0.183. The summed E-state index contributed by atoms with van der Waals surface area (Å²) in [5.41, 5.74) is 0. The van der Waals surface area contributed by atoms with Crippen LogP contribution in [0.1, 0.15) is 66.2 Å². The maximum absolute atomic E-state index is 12.0. The zero-order valence-corrected chi connectivity index (χ0v) is 12.6. The van der Waals surface area contributed by atoms with Crippen molar-refractivity contribution in [2.45, 2.75) is 72.3 Å². The van der Waals surface area contributed by atoms with Crippen molar-refractivity contribution in [3.63, 3.8) is 0 Å². The molecule has 0 rings (SSSR count). The van der Waals surface area contributed by atoms with Crippen LogP contribution >= 0.6 is 0 Å². The summed E-state index contributed by atoms with van der Waals surface area (Å²) in [6.45, 7) is 9.44. The second-order valence-corrected chi connectivity index (χ2v) is 5.07. The van der Waals surface area contributed by atoms with Crippen LogP contribution in [0, 0.1) is 5.92 Å². The monoisotopic (exact) mass is 257 g/mol. The lowest BCUT2D eigenvalue weighted by molar-refractivity contribution is -0.138. The molecule has 0 aliphatic carbocycles. The molecular weight excluding hydrogens is 226 g/mol. The van der Waals surface area contributed by atoms with E-state index in [0.717, 1.165) is 32.4 Å². The zero-order valence-electron chi connectivity index (χ0n) is 12.6. The first-order valence-corrected chi connectivity index (χ1v) is 7.55. The maximum Gasteiger partial charge on any atom is 0.227 e. The van der Waals surface area contributed by atoms with Gasteiger partial charge in [0.15, 0.2) is 0 Å². The standard InChI is InChI=1S/C15H31NO2/c1-5-8-9-10-11-12-14(17)13(4)15(18)16(6-2)7-3/h13-14,17H,5-12H2,1-4H3. The molecule has 0 radical (unpaired) electrons. The van der Waals surface area contributed by atoms with Crippen LogP contribution in [0.15, 0.2) is 0 Å². The first-order chi connectivity index (χ1) is 8.58. The summed E-state index contributed by atoms with van der Waals surface area (Å²) in [6, 6.07) is 0. The number of nitrogens with zero attached hydrogens (tertiary/aromatic N) is 1. The van der Waals surface area contributed by atoms with Gasteiger partial charge in [0.2, 0.25) is 5.91 Å². The molecule has 0 bridgehead atoms. The summed E-state index contributed by atoms with van der Waals surface area (Å²) in [6.07, 6.45) is 6.19. The van der Waals surface area contributed by atoms with Gasteiger partial charge in [0.05, 0.1) is 12.0 Å². The van der Waals surface area contributed by atoms with Crippen LogP contribution in [0.25, 0.3) is 0 Å². The molecule has 2 atom stereocenters. The molecule has 0 aromatic carbocycles. The molecule has 0 aliphatic heterocycles. The molecule has 0 aromatic heterocycles. The second-order valence-electron chi connectivity index (χ2n) is 5.07. The zero-order chi connectivity index (χ0) is 14.0.